The highest BCUT2D eigenvalue weighted by atomic mass is 16.5. The van der Waals surface area contributed by atoms with Gasteiger partial charge in [0.2, 0.25) is 11.9 Å². The van der Waals surface area contributed by atoms with Gasteiger partial charge in [0, 0.05) is 20.1 Å². The molecule has 18 heavy (non-hydrogen) atoms. The van der Waals surface area contributed by atoms with Crippen LogP contribution >= 0.6 is 0 Å². The number of nitrogens with zero attached hydrogens (tertiary/aromatic N) is 4. The number of hydrogen-bond donors (Lipinski definition) is 1. The van der Waals surface area contributed by atoms with Crippen LogP contribution in [0.4, 0.5) is 11.9 Å². The Morgan fingerprint density at radius 3 is 2.72 bits per heavy atom. The third-order valence-corrected chi connectivity index (χ3v) is 2.75. The smallest absolute Gasteiger partial charge is 0.324 e. The molecule has 0 aromatic carbocycles. The lowest BCUT2D eigenvalue weighted by atomic mass is 10.1. The van der Waals surface area contributed by atoms with Gasteiger partial charge in [-0.05, 0) is 19.3 Å². The normalized spacial score (nSPS) is 15.0. The lowest BCUT2D eigenvalue weighted by molar-refractivity contribution is 0.338. The van der Waals surface area contributed by atoms with Gasteiger partial charge in [0.1, 0.15) is 0 Å². The summed E-state index contributed by atoms with van der Waals surface area (Å²) in [4.78, 5) is 14.9. The molecule has 0 atom stereocenters. The van der Waals surface area contributed by atoms with Crippen molar-refractivity contribution in [2.75, 3.05) is 37.0 Å². The molecule has 1 aliphatic rings. The predicted molar refractivity (Wildman–Crippen MR) is 69.8 cm³/mol. The number of hydrogen-bond acceptors (Lipinski definition) is 6. The summed E-state index contributed by atoms with van der Waals surface area (Å²) < 4.78 is 5.26. The molecule has 1 N–H and O–H groups in total. The average Bonchev–Trinajstić information content (AvgIpc) is 2.45. The number of terminal acetylenes is 1. The zero-order valence-corrected chi connectivity index (χ0v) is 10.5. The van der Waals surface area contributed by atoms with Gasteiger partial charge in [-0.25, -0.2) is 0 Å². The molecule has 0 amide bonds. The highest BCUT2D eigenvalue weighted by molar-refractivity contribution is 5.38. The van der Waals surface area contributed by atoms with Gasteiger partial charge in [-0.1, -0.05) is 5.92 Å². The third-order valence-electron chi connectivity index (χ3n) is 2.75. The molecule has 6 nitrogen and oxygen atoms in total. The van der Waals surface area contributed by atoms with Gasteiger partial charge in [-0.2, -0.15) is 15.0 Å². The molecule has 1 aliphatic heterocycles. The summed E-state index contributed by atoms with van der Waals surface area (Å²) in [7, 11) is 1.76. The van der Waals surface area contributed by atoms with Gasteiger partial charge in [0.15, 0.2) is 6.61 Å². The maximum absolute atomic E-state index is 5.26. The van der Waals surface area contributed by atoms with Crippen molar-refractivity contribution in [1.29, 1.82) is 0 Å². The SMILES string of the molecule is C#CCOc1nc(NC)nc(N2CCCCC2)n1. The molecule has 2 heterocycles. The van der Waals surface area contributed by atoms with Gasteiger partial charge in [0.25, 0.3) is 0 Å². The van der Waals surface area contributed by atoms with Crippen LogP contribution in [-0.4, -0.2) is 41.7 Å². The van der Waals surface area contributed by atoms with Crippen molar-refractivity contribution in [1.82, 2.24) is 15.0 Å². The standard InChI is InChI=1S/C12H17N5O/c1-3-9-18-12-15-10(13-2)14-11(16-12)17-7-5-4-6-8-17/h1H,4-9H2,2H3,(H,13,14,15,16). The van der Waals surface area contributed by atoms with E-state index in [1.54, 1.807) is 7.05 Å². The van der Waals surface area contributed by atoms with Crippen molar-refractivity contribution in [2.45, 2.75) is 19.3 Å². The molecule has 1 saturated heterocycles. The van der Waals surface area contributed by atoms with Gasteiger partial charge < -0.3 is 15.0 Å². The van der Waals surface area contributed by atoms with Crippen LogP contribution in [0.2, 0.25) is 0 Å². The van der Waals surface area contributed by atoms with E-state index in [1.807, 2.05) is 0 Å². The summed E-state index contributed by atoms with van der Waals surface area (Å²) in [6.07, 6.45) is 8.76. The van der Waals surface area contributed by atoms with Crippen LogP contribution in [0.15, 0.2) is 0 Å². The zero-order chi connectivity index (χ0) is 12.8. The topological polar surface area (TPSA) is 63.2 Å². The predicted octanol–water partition coefficient (Wildman–Crippen LogP) is 0.916. The van der Waals surface area contributed by atoms with Crippen LogP contribution in [0.3, 0.4) is 0 Å². The van der Waals surface area contributed by atoms with Gasteiger partial charge in [0.05, 0.1) is 0 Å². The molecule has 0 aliphatic carbocycles. The summed E-state index contributed by atoms with van der Waals surface area (Å²) in [6.45, 7) is 2.11. The summed E-state index contributed by atoms with van der Waals surface area (Å²) in [5, 5.41) is 2.90. The lowest BCUT2D eigenvalue weighted by Crippen LogP contribution is -2.31. The molecular weight excluding hydrogens is 230 g/mol. The molecule has 0 spiro atoms. The Bertz CT molecular complexity index is 437. The molecule has 0 radical (unpaired) electrons. The molecule has 0 bridgehead atoms. The summed E-state index contributed by atoms with van der Waals surface area (Å²) in [5.74, 6) is 3.55. The minimum absolute atomic E-state index is 0.159. The molecule has 0 saturated carbocycles. The summed E-state index contributed by atoms with van der Waals surface area (Å²) in [6, 6.07) is 0.271. The number of rotatable bonds is 4. The fraction of sp³-hybridized carbons (Fsp3) is 0.583. The van der Waals surface area contributed by atoms with Gasteiger partial charge in [-0.3, -0.25) is 0 Å². The fourth-order valence-corrected chi connectivity index (χ4v) is 1.86. The van der Waals surface area contributed by atoms with E-state index in [2.05, 4.69) is 31.1 Å². The van der Waals surface area contributed by atoms with Crippen LogP contribution < -0.4 is 15.0 Å². The second-order valence-electron chi connectivity index (χ2n) is 4.03. The third kappa shape index (κ3) is 3.00. The van der Waals surface area contributed by atoms with E-state index in [0.717, 1.165) is 13.1 Å². The monoisotopic (exact) mass is 247 g/mol. The Kier molecular flexibility index (Phi) is 4.18. The Morgan fingerprint density at radius 2 is 2.06 bits per heavy atom. The molecule has 0 unspecified atom stereocenters. The highest BCUT2D eigenvalue weighted by Gasteiger charge is 2.16. The van der Waals surface area contributed by atoms with Crippen LogP contribution in [0.5, 0.6) is 6.01 Å². The molecule has 2 rings (SSSR count). The first-order valence-electron chi connectivity index (χ1n) is 6.08. The van der Waals surface area contributed by atoms with E-state index in [9.17, 15) is 0 Å². The molecule has 1 aromatic rings. The van der Waals surface area contributed by atoms with Crippen molar-refractivity contribution in [3.8, 4) is 18.4 Å². The summed E-state index contributed by atoms with van der Waals surface area (Å²) >= 11 is 0. The van der Waals surface area contributed by atoms with E-state index in [0.29, 0.717) is 11.9 Å². The Hall–Kier alpha value is -2.03. The maximum Gasteiger partial charge on any atom is 0.324 e. The Morgan fingerprint density at radius 1 is 1.28 bits per heavy atom. The molecule has 1 aromatic heterocycles. The number of nitrogens with one attached hydrogen (secondary N) is 1. The number of aromatic nitrogens is 3. The Labute approximate surface area is 107 Å². The molecule has 6 heteroatoms. The number of anilines is 2. The van der Waals surface area contributed by atoms with Crippen molar-refractivity contribution in [2.24, 2.45) is 0 Å². The van der Waals surface area contributed by atoms with E-state index in [4.69, 9.17) is 11.2 Å². The first kappa shape index (κ1) is 12.4. The largest absolute Gasteiger partial charge is 0.450 e. The quantitative estimate of drug-likeness (QED) is 0.798. The van der Waals surface area contributed by atoms with Crippen LogP contribution in [0.1, 0.15) is 19.3 Å². The van der Waals surface area contributed by atoms with E-state index in [-0.39, 0.29) is 12.6 Å². The van der Waals surface area contributed by atoms with Gasteiger partial charge >= 0.3 is 6.01 Å². The highest BCUT2D eigenvalue weighted by Crippen LogP contribution is 2.18. The van der Waals surface area contributed by atoms with Crippen LogP contribution in [-0.2, 0) is 0 Å². The fourth-order valence-electron chi connectivity index (χ4n) is 1.86. The van der Waals surface area contributed by atoms with Crippen molar-refractivity contribution >= 4 is 11.9 Å². The first-order valence-corrected chi connectivity index (χ1v) is 6.08. The van der Waals surface area contributed by atoms with E-state index < -0.39 is 0 Å². The zero-order valence-electron chi connectivity index (χ0n) is 10.5. The molecular formula is C12H17N5O. The molecule has 96 valence electrons. The lowest BCUT2D eigenvalue weighted by Gasteiger charge is -2.26. The number of piperidine rings is 1. The average molecular weight is 247 g/mol. The van der Waals surface area contributed by atoms with Crippen LogP contribution in [0, 0.1) is 12.3 Å². The minimum atomic E-state index is 0.159. The van der Waals surface area contributed by atoms with Crippen molar-refractivity contribution in [3.63, 3.8) is 0 Å². The second kappa shape index (κ2) is 6.05. The first-order chi connectivity index (χ1) is 8.83. The second-order valence-corrected chi connectivity index (χ2v) is 4.03. The van der Waals surface area contributed by atoms with Crippen molar-refractivity contribution in [3.05, 3.63) is 0 Å². The maximum atomic E-state index is 5.26. The summed E-state index contributed by atoms with van der Waals surface area (Å²) in [5.41, 5.74) is 0. The van der Waals surface area contributed by atoms with Crippen molar-refractivity contribution < 1.29 is 4.74 Å². The Balaban J connectivity index is 2.19. The molecule has 1 fully saturated rings. The van der Waals surface area contributed by atoms with Gasteiger partial charge in [-0.15, -0.1) is 6.42 Å². The van der Waals surface area contributed by atoms with E-state index in [1.165, 1.54) is 19.3 Å². The minimum Gasteiger partial charge on any atom is -0.450 e. The number of ether oxygens (including phenoxy) is 1. The van der Waals surface area contributed by atoms with E-state index >= 15 is 0 Å². The van der Waals surface area contributed by atoms with Crippen LogP contribution in [0.25, 0.3) is 0 Å².